The van der Waals surface area contributed by atoms with E-state index in [4.69, 9.17) is 0 Å². The van der Waals surface area contributed by atoms with Crippen LogP contribution in [0.2, 0.25) is 0 Å². The van der Waals surface area contributed by atoms with Crippen molar-refractivity contribution in [3.63, 3.8) is 0 Å². The van der Waals surface area contributed by atoms with Crippen molar-refractivity contribution in [2.24, 2.45) is 4.99 Å². The van der Waals surface area contributed by atoms with Gasteiger partial charge in [-0.15, -0.1) is 23.8 Å². The minimum atomic E-state index is 1.04. The summed E-state index contributed by atoms with van der Waals surface area (Å²) in [5.41, 5.74) is 5.54. The first-order chi connectivity index (χ1) is 12.4. The minimum absolute atomic E-state index is 1.04. The van der Waals surface area contributed by atoms with Gasteiger partial charge in [-0.1, -0.05) is 102 Å². The molecule has 0 aromatic heterocycles. The van der Waals surface area contributed by atoms with Crippen LogP contribution in [-0.4, -0.2) is 13.3 Å². The van der Waals surface area contributed by atoms with Crippen LogP contribution in [0.15, 0.2) is 89.9 Å². The van der Waals surface area contributed by atoms with Gasteiger partial charge in [0.1, 0.15) is 0 Å². The second-order valence-corrected chi connectivity index (χ2v) is 5.64. The minimum Gasteiger partial charge on any atom is -0.296 e. The van der Waals surface area contributed by atoms with Gasteiger partial charge >= 0.3 is 0 Å². The van der Waals surface area contributed by atoms with Crippen LogP contribution < -0.4 is 0 Å². The number of allylic oxidation sites excluding steroid dienone is 2. The first-order valence-electron chi connectivity index (χ1n) is 8.30. The van der Waals surface area contributed by atoms with E-state index in [1.165, 1.54) is 0 Å². The Morgan fingerprint density at radius 1 is 0.760 bits per heavy atom. The summed E-state index contributed by atoms with van der Waals surface area (Å²) >= 11 is 0. The molecule has 0 aliphatic carbocycles. The maximum atomic E-state index is 4.16. The number of benzene rings is 3. The summed E-state index contributed by atoms with van der Waals surface area (Å²) in [6.45, 7) is 0. The molecule has 0 fully saturated rings. The molecule has 0 N–H and O–H groups in total. The zero-order valence-corrected chi connectivity index (χ0v) is 14.3. The van der Waals surface area contributed by atoms with E-state index in [0.717, 1.165) is 27.8 Å². The van der Waals surface area contributed by atoms with Gasteiger partial charge in [0.05, 0.1) is 0 Å². The quantitative estimate of drug-likeness (QED) is 0.244. The van der Waals surface area contributed by atoms with Crippen LogP contribution in [0.4, 0.5) is 0 Å². The van der Waals surface area contributed by atoms with Gasteiger partial charge < -0.3 is 0 Å². The zero-order valence-electron chi connectivity index (χ0n) is 14.3. The highest BCUT2D eigenvalue weighted by atomic mass is 14.6. The van der Waals surface area contributed by atoms with Crippen molar-refractivity contribution in [2.75, 3.05) is 7.05 Å². The van der Waals surface area contributed by atoms with E-state index in [2.05, 4.69) is 53.5 Å². The lowest BCUT2D eigenvalue weighted by atomic mass is 9.99. The Morgan fingerprint density at radius 2 is 1.36 bits per heavy atom. The lowest BCUT2D eigenvalue weighted by molar-refractivity contribution is 1.46. The largest absolute Gasteiger partial charge is 0.296 e. The second kappa shape index (κ2) is 8.60. The summed E-state index contributed by atoms with van der Waals surface area (Å²) in [6, 6.07) is 28.8. The van der Waals surface area contributed by atoms with Crippen molar-refractivity contribution in [1.29, 1.82) is 0 Å². The van der Waals surface area contributed by atoms with Crippen molar-refractivity contribution >= 4 is 23.9 Å². The molecule has 0 spiro atoms. The fraction of sp³-hybridized carbons (Fsp3) is 0.0417. The van der Waals surface area contributed by atoms with Gasteiger partial charge in [0.2, 0.25) is 0 Å². The summed E-state index contributed by atoms with van der Waals surface area (Å²) in [7, 11) is 1.79. The molecule has 0 aliphatic heterocycles. The van der Waals surface area contributed by atoms with E-state index in [1.54, 1.807) is 7.05 Å². The maximum absolute atomic E-state index is 4.16. The first kappa shape index (κ1) is 16.7. The Kier molecular flexibility index (Phi) is 5.73. The van der Waals surface area contributed by atoms with Crippen molar-refractivity contribution in [3.8, 4) is 0 Å². The molecule has 0 radical (unpaired) electrons. The standard InChI is InChI=1S/C24H20N/c1-25-19-24-15-9-8-14-22(24)18-23(21-12-6-3-7-13-21)17-16-20-10-4-2-5-11-20/h2-16,18-19H,1H3/q-1. The zero-order chi connectivity index (χ0) is 17.3. The molecule has 0 atom stereocenters. The van der Waals surface area contributed by atoms with E-state index >= 15 is 0 Å². The maximum Gasteiger partial charge on any atom is 0.0279 e. The van der Waals surface area contributed by atoms with E-state index < -0.39 is 0 Å². The molecule has 0 aliphatic rings. The van der Waals surface area contributed by atoms with Crippen LogP contribution >= 0.6 is 0 Å². The van der Waals surface area contributed by atoms with Gasteiger partial charge in [-0.25, -0.2) is 0 Å². The molecule has 0 bridgehead atoms. The van der Waals surface area contributed by atoms with E-state index in [-0.39, 0.29) is 0 Å². The summed E-state index contributed by atoms with van der Waals surface area (Å²) in [5.74, 6) is 0. The monoisotopic (exact) mass is 322 g/mol. The molecule has 0 unspecified atom stereocenters. The highest BCUT2D eigenvalue weighted by Crippen LogP contribution is 2.21. The van der Waals surface area contributed by atoms with E-state index in [0.29, 0.717) is 0 Å². The van der Waals surface area contributed by atoms with E-state index in [1.807, 2.05) is 60.8 Å². The predicted molar refractivity (Wildman–Crippen MR) is 108 cm³/mol. The molecule has 3 rings (SSSR count). The highest BCUT2D eigenvalue weighted by Gasteiger charge is 1.96. The van der Waals surface area contributed by atoms with Gasteiger partial charge in [0.25, 0.3) is 0 Å². The molecule has 0 saturated carbocycles. The smallest absolute Gasteiger partial charge is 0.0279 e. The van der Waals surface area contributed by atoms with Crippen LogP contribution in [0.5, 0.6) is 0 Å². The predicted octanol–water partition coefficient (Wildman–Crippen LogP) is 5.79. The van der Waals surface area contributed by atoms with Gasteiger partial charge in [0.15, 0.2) is 0 Å². The molecular formula is C24H20N-. The SMILES string of the molecule is CN=Cc1ccccc1C=C([C-]=Cc1ccccc1)c1ccccc1. The third-order valence-corrected chi connectivity index (χ3v) is 3.84. The molecule has 0 amide bonds. The Balaban J connectivity index is 2.04. The van der Waals surface area contributed by atoms with Crippen molar-refractivity contribution in [1.82, 2.24) is 0 Å². The van der Waals surface area contributed by atoms with Gasteiger partial charge in [-0.2, -0.15) is 0 Å². The first-order valence-corrected chi connectivity index (χ1v) is 8.30. The Morgan fingerprint density at radius 3 is 2.04 bits per heavy atom. The van der Waals surface area contributed by atoms with Gasteiger partial charge in [-0.3, -0.25) is 4.99 Å². The van der Waals surface area contributed by atoms with E-state index in [9.17, 15) is 0 Å². The average molecular weight is 322 g/mol. The third-order valence-electron chi connectivity index (χ3n) is 3.84. The van der Waals surface area contributed by atoms with Crippen LogP contribution in [0.1, 0.15) is 22.3 Å². The van der Waals surface area contributed by atoms with Crippen LogP contribution in [-0.2, 0) is 0 Å². The molecule has 1 nitrogen and oxygen atoms in total. The van der Waals surface area contributed by atoms with Crippen molar-refractivity contribution in [2.45, 2.75) is 0 Å². The van der Waals surface area contributed by atoms with Crippen LogP contribution in [0.25, 0.3) is 17.7 Å². The molecule has 1 heteroatoms. The van der Waals surface area contributed by atoms with Gasteiger partial charge in [0, 0.05) is 13.3 Å². The molecule has 122 valence electrons. The number of hydrogen-bond donors (Lipinski definition) is 0. The van der Waals surface area contributed by atoms with Crippen LogP contribution in [0.3, 0.4) is 0 Å². The number of hydrogen-bond acceptors (Lipinski definition) is 1. The fourth-order valence-electron chi connectivity index (χ4n) is 2.59. The average Bonchev–Trinajstić information content (AvgIpc) is 2.68. The summed E-state index contributed by atoms with van der Waals surface area (Å²) in [5, 5.41) is 0. The Labute approximate surface area is 149 Å². The van der Waals surface area contributed by atoms with Crippen molar-refractivity contribution < 1.29 is 0 Å². The van der Waals surface area contributed by atoms with Crippen LogP contribution in [0, 0.1) is 6.08 Å². The topological polar surface area (TPSA) is 12.4 Å². The fourth-order valence-corrected chi connectivity index (χ4v) is 2.59. The number of nitrogens with zero attached hydrogens (tertiary/aromatic N) is 1. The molecule has 25 heavy (non-hydrogen) atoms. The number of rotatable bonds is 5. The molecule has 0 heterocycles. The normalized spacial score (nSPS) is 12.1. The molecule has 3 aromatic rings. The molecule has 0 saturated heterocycles. The summed E-state index contributed by atoms with van der Waals surface area (Å²) in [4.78, 5) is 4.16. The second-order valence-electron chi connectivity index (χ2n) is 5.64. The lowest BCUT2D eigenvalue weighted by Crippen LogP contribution is -1.88. The Hall–Kier alpha value is -3.19. The highest BCUT2D eigenvalue weighted by molar-refractivity contribution is 5.93. The number of aliphatic imine (C=N–C) groups is 1. The molecule has 3 aromatic carbocycles. The van der Waals surface area contributed by atoms with Crippen molar-refractivity contribution in [3.05, 3.63) is 113 Å². The van der Waals surface area contributed by atoms with Gasteiger partial charge in [-0.05, 0) is 5.56 Å². The molecular weight excluding hydrogens is 302 g/mol. The lowest BCUT2D eigenvalue weighted by Gasteiger charge is -2.12. The third kappa shape index (κ3) is 4.65. The summed E-state index contributed by atoms with van der Waals surface area (Å²) in [6.07, 6.45) is 9.53. The summed E-state index contributed by atoms with van der Waals surface area (Å²) < 4.78 is 0. The Bertz CT molecular complexity index is 888.